The maximum absolute atomic E-state index is 11.1. The van der Waals surface area contributed by atoms with Gasteiger partial charge in [-0.05, 0) is 37.5 Å². The highest BCUT2D eigenvalue weighted by Gasteiger charge is 2.55. The topological polar surface area (TPSA) is 37.3 Å². The molecule has 0 bridgehead atoms. The largest absolute Gasteiger partial charge is 0.481 e. The van der Waals surface area contributed by atoms with E-state index in [9.17, 15) is 9.90 Å². The summed E-state index contributed by atoms with van der Waals surface area (Å²) >= 11 is 0. The van der Waals surface area contributed by atoms with Crippen LogP contribution in [0.1, 0.15) is 51.9 Å². The first-order chi connectivity index (χ1) is 6.69. The Labute approximate surface area is 85.7 Å². The smallest absolute Gasteiger partial charge is 0.309 e. The normalized spacial score (nSPS) is 35.2. The number of carboxylic acid groups (broad SMARTS) is 1. The highest BCUT2D eigenvalue weighted by molar-refractivity contribution is 5.78. The van der Waals surface area contributed by atoms with Gasteiger partial charge in [0.05, 0.1) is 5.41 Å². The van der Waals surface area contributed by atoms with Crippen LogP contribution in [-0.4, -0.2) is 11.1 Å². The molecule has 2 nitrogen and oxygen atoms in total. The molecule has 0 aromatic heterocycles. The maximum atomic E-state index is 11.1. The summed E-state index contributed by atoms with van der Waals surface area (Å²) in [7, 11) is 0. The van der Waals surface area contributed by atoms with Gasteiger partial charge in [-0.1, -0.05) is 26.2 Å². The van der Waals surface area contributed by atoms with Crippen LogP contribution in [-0.2, 0) is 4.79 Å². The van der Waals surface area contributed by atoms with Crippen molar-refractivity contribution in [1.82, 2.24) is 0 Å². The van der Waals surface area contributed by atoms with Gasteiger partial charge in [0.25, 0.3) is 0 Å². The summed E-state index contributed by atoms with van der Waals surface area (Å²) < 4.78 is 0. The molecule has 80 valence electrons. The number of rotatable bonds is 3. The summed E-state index contributed by atoms with van der Waals surface area (Å²) in [6.07, 6.45) is 7.97. The summed E-state index contributed by atoms with van der Waals surface area (Å²) in [4.78, 5) is 11.1. The van der Waals surface area contributed by atoms with Crippen LogP contribution in [0.15, 0.2) is 0 Å². The first-order valence-electron chi connectivity index (χ1n) is 5.92. The Morgan fingerprint density at radius 1 is 1.29 bits per heavy atom. The fourth-order valence-electron chi connectivity index (χ4n) is 3.05. The monoisotopic (exact) mass is 196 g/mol. The number of hydrogen-bond acceptors (Lipinski definition) is 1. The summed E-state index contributed by atoms with van der Waals surface area (Å²) in [6.45, 7) is 2.25. The molecule has 0 saturated heterocycles. The molecule has 0 aromatic carbocycles. The van der Waals surface area contributed by atoms with E-state index < -0.39 is 5.97 Å². The van der Waals surface area contributed by atoms with Gasteiger partial charge in [-0.2, -0.15) is 0 Å². The second-order valence-corrected chi connectivity index (χ2v) is 5.09. The van der Waals surface area contributed by atoms with E-state index in [2.05, 4.69) is 6.92 Å². The van der Waals surface area contributed by atoms with Gasteiger partial charge in [-0.15, -0.1) is 0 Å². The van der Waals surface area contributed by atoms with E-state index in [1.54, 1.807) is 0 Å². The first kappa shape index (κ1) is 10.0. The Balaban J connectivity index is 1.92. The molecule has 2 heteroatoms. The minimum absolute atomic E-state index is 0.279. The van der Waals surface area contributed by atoms with E-state index in [-0.39, 0.29) is 5.41 Å². The predicted octanol–water partition coefficient (Wildman–Crippen LogP) is 3.07. The Bertz CT molecular complexity index is 222. The maximum Gasteiger partial charge on any atom is 0.309 e. The van der Waals surface area contributed by atoms with Crippen LogP contribution < -0.4 is 0 Å². The van der Waals surface area contributed by atoms with E-state index in [0.717, 1.165) is 31.6 Å². The van der Waals surface area contributed by atoms with Crippen molar-refractivity contribution in [2.24, 2.45) is 17.3 Å². The number of carbonyl (C=O) groups is 1. The zero-order chi connectivity index (χ0) is 10.2. The van der Waals surface area contributed by atoms with E-state index in [0.29, 0.717) is 5.92 Å². The van der Waals surface area contributed by atoms with Crippen LogP contribution in [0.25, 0.3) is 0 Å². The summed E-state index contributed by atoms with van der Waals surface area (Å²) in [6, 6.07) is 0. The molecule has 0 atom stereocenters. The minimum atomic E-state index is -0.530. The predicted molar refractivity (Wildman–Crippen MR) is 55.0 cm³/mol. The first-order valence-corrected chi connectivity index (χ1v) is 5.92. The van der Waals surface area contributed by atoms with Crippen molar-refractivity contribution in [2.45, 2.75) is 51.9 Å². The van der Waals surface area contributed by atoms with Crippen molar-refractivity contribution in [2.75, 3.05) is 0 Å². The number of carboxylic acids is 1. The van der Waals surface area contributed by atoms with Gasteiger partial charge in [-0.25, -0.2) is 0 Å². The molecular weight excluding hydrogens is 176 g/mol. The molecule has 14 heavy (non-hydrogen) atoms. The van der Waals surface area contributed by atoms with Crippen LogP contribution in [0.5, 0.6) is 0 Å². The Hall–Kier alpha value is -0.530. The second-order valence-electron chi connectivity index (χ2n) is 5.09. The molecule has 2 aliphatic carbocycles. The van der Waals surface area contributed by atoms with E-state index in [4.69, 9.17) is 0 Å². The molecule has 2 rings (SSSR count). The lowest BCUT2D eigenvalue weighted by Crippen LogP contribution is -2.29. The third kappa shape index (κ3) is 1.55. The molecule has 0 heterocycles. The average Bonchev–Trinajstić information content (AvgIpc) is 2.99. The second kappa shape index (κ2) is 3.56. The zero-order valence-corrected chi connectivity index (χ0v) is 8.96. The van der Waals surface area contributed by atoms with Crippen molar-refractivity contribution in [3.63, 3.8) is 0 Å². The molecule has 0 radical (unpaired) electrons. The lowest BCUT2D eigenvalue weighted by molar-refractivity contribution is -0.146. The fraction of sp³-hybridized carbons (Fsp3) is 0.917. The quantitative estimate of drug-likeness (QED) is 0.753. The van der Waals surface area contributed by atoms with Gasteiger partial charge in [0.15, 0.2) is 0 Å². The Morgan fingerprint density at radius 2 is 1.86 bits per heavy atom. The molecule has 0 unspecified atom stereocenters. The van der Waals surface area contributed by atoms with Crippen molar-refractivity contribution < 1.29 is 9.90 Å². The molecule has 0 spiro atoms. The van der Waals surface area contributed by atoms with Gasteiger partial charge in [0.1, 0.15) is 0 Å². The van der Waals surface area contributed by atoms with Gasteiger partial charge in [0, 0.05) is 0 Å². The van der Waals surface area contributed by atoms with Crippen molar-refractivity contribution in [1.29, 1.82) is 0 Å². The fourth-order valence-corrected chi connectivity index (χ4v) is 3.05. The molecule has 1 N–H and O–H groups in total. The molecule has 0 aliphatic heterocycles. The molecule has 0 amide bonds. The SMILES string of the molecule is CCC1CCC(C2(C(=O)O)CC2)CC1. The van der Waals surface area contributed by atoms with Crippen LogP contribution in [0.3, 0.4) is 0 Å². The van der Waals surface area contributed by atoms with Crippen LogP contribution in [0.2, 0.25) is 0 Å². The van der Waals surface area contributed by atoms with Crippen molar-refractivity contribution in [3.05, 3.63) is 0 Å². The van der Waals surface area contributed by atoms with Crippen LogP contribution >= 0.6 is 0 Å². The molecule has 2 aliphatic rings. The van der Waals surface area contributed by atoms with Gasteiger partial charge in [-0.3, -0.25) is 4.79 Å². The van der Waals surface area contributed by atoms with E-state index in [1.165, 1.54) is 19.3 Å². The minimum Gasteiger partial charge on any atom is -0.481 e. The summed E-state index contributed by atoms with van der Waals surface area (Å²) in [5.41, 5.74) is -0.279. The average molecular weight is 196 g/mol. The third-order valence-electron chi connectivity index (χ3n) is 4.42. The molecular formula is C12H20O2. The van der Waals surface area contributed by atoms with Crippen LogP contribution in [0.4, 0.5) is 0 Å². The molecule has 2 fully saturated rings. The van der Waals surface area contributed by atoms with Gasteiger partial charge in [0.2, 0.25) is 0 Å². The highest BCUT2D eigenvalue weighted by Crippen LogP contribution is 2.57. The van der Waals surface area contributed by atoms with Gasteiger partial charge >= 0.3 is 5.97 Å². The number of hydrogen-bond donors (Lipinski definition) is 1. The Morgan fingerprint density at radius 3 is 2.21 bits per heavy atom. The van der Waals surface area contributed by atoms with Crippen LogP contribution in [0, 0.1) is 17.3 Å². The third-order valence-corrected chi connectivity index (χ3v) is 4.42. The van der Waals surface area contributed by atoms with E-state index in [1.807, 2.05) is 0 Å². The van der Waals surface area contributed by atoms with Crippen molar-refractivity contribution >= 4 is 5.97 Å². The Kier molecular flexibility index (Phi) is 2.54. The standard InChI is InChI=1S/C12H20O2/c1-2-9-3-5-10(6-4-9)12(7-8-12)11(13)14/h9-10H,2-8H2,1H3,(H,13,14). The summed E-state index contributed by atoms with van der Waals surface area (Å²) in [5, 5.41) is 9.18. The highest BCUT2D eigenvalue weighted by atomic mass is 16.4. The van der Waals surface area contributed by atoms with Crippen molar-refractivity contribution in [3.8, 4) is 0 Å². The number of aliphatic carboxylic acids is 1. The zero-order valence-electron chi connectivity index (χ0n) is 8.96. The molecule has 2 saturated carbocycles. The molecule has 0 aromatic rings. The van der Waals surface area contributed by atoms with Gasteiger partial charge < -0.3 is 5.11 Å². The van der Waals surface area contributed by atoms with E-state index >= 15 is 0 Å². The lowest BCUT2D eigenvalue weighted by atomic mass is 9.73. The summed E-state index contributed by atoms with van der Waals surface area (Å²) in [5.74, 6) is 0.830. The lowest BCUT2D eigenvalue weighted by Gasteiger charge is -2.31.